The van der Waals surface area contributed by atoms with Crippen LogP contribution < -0.4 is 9.62 Å². The summed E-state index contributed by atoms with van der Waals surface area (Å²) < 4.78 is 54.9. The fraction of sp³-hybridized carbons (Fsp3) is 0.0500. The molecule has 2 heterocycles. The number of Topliss-reactive ketones (excluding diaryl/α,β-unsaturated/α-hetero) is 1. The number of hydrogen-bond acceptors (Lipinski definition) is 5. The summed E-state index contributed by atoms with van der Waals surface area (Å²) in [7, 11) is -4.26. The van der Waals surface area contributed by atoms with Crippen molar-refractivity contribution in [2.24, 2.45) is 0 Å². The zero-order valence-electron chi connectivity index (χ0n) is 15.1. The van der Waals surface area contributed by atoms with Crippen LogP contribution in [0.4, 0.5) is 20.2 Å². The van der Waals surface area contributed by atoms with E-state index in [1.807, 2.05) is 0 Å². The van der Waals surface area contributed by atoms with E-state index in [4.69, 9.17) is 11.6 Å². The summed E-state index contributed by atoms with van der Waals surface area (Å²) in [5, 5.41) is 4.54. The topological polar surface area (TPSA) is 66.5 Å². The van der Waals surface area contributed by atoms with Crippen molar-refractivity contribution in [1.29, 1.82) is 0 Å². The van der Waals surface area contributed by atoms with Crippen LogP contribution in [0.3, 0.4) is 0 Å². The van der Waals surface area contributed by atoms with Gasteiger partial charge >= 0.3 is 0 Å². The van der Waals surface area contributed by atoms with Gasteiger partial charge in [0, 0.05) is 17.3 Å². The maximum absolute atomic E-state index is 13.9. The first kappa shape index (κ1) is 20.5. The molecule has 10 heteroatoms. The Balaban J connectivity index is 1.75. The molecule has 0 fully saturated rings. The van der Waals surface area contributed by atoms with Gasteiger partial charge in [-0.3, -0.25) is 9.10 Å². The van der Waals surface area contributed by atoms with Gasteiger partial charge in [0.15, 0.2) is 4.91 Å². The number of hydrogen-bond donors (Lipinski definition) is 1. The Morgan fingerprint density at radius 3 is 2.57 bits per heavy atom. The number of halogens is 3. The molecule has 1 N–H and O–H groups in total. The molecule has 0 atom stereocenters. The number of benzene rings is 2. The Morgan fingerprint density at radius 1 is 1.10 bits per heavy atom. The maximum atomic E-state index is 13.9. The number of anilines is 2. The highest BCUT2D eigenvalue weighted by Gasteiger charge is 2.41. The van der Waals surface area contributed by atoms with E-state index in [0.717, 1.165) is 40.0 Å². The van der Waals surface area contributed by atoms with Gasteiger partial charge in [0.05, 0.1) is 17.9 Å². The first-order chi connectivity index (χ1) is 14.3. The third kappa shape index (κ3) is 3.71. The van der Waals surface area contributed by atoms with Crippen molar-refractivity contribution in [3.05, 3.63) is 92.1 Å². The molecule has 0 saturated heterocycles. The lowest BCUT2D eigenvalue weighted by molar-refractivity contribution is 0.104. The summed E-state index contributed by atoms with van der Waals surface area (Å²) in [6.45, 7) is -0.0256. The smallest absolute Gasteiger partial charge is 0.270 e. The normalized spacial score (nSPS) is 16.6. The molecule has 1 aromatic heterocycles. The lowest BCUT2D eigenvalue weighted by Crippen LogP contribution is -2.38. The van der Waals surface area contributed by atoms with Gasteiger partial charge < -0.3 is 5.32 Å². The minimum Gasteiger partial charge on any atom is -0.358 e. The zero-order valence-corrected chi connectivity index (χ0v) is 17.5. The van der Waals surface area contributed by atoms with Crippen molar-refractivity contribution in [2.45, 2.75) is 6.54 Å². The van der Waals surface area contributed by atoms with E-state index < -0.39 is 32.3 Å². The fourth-order valence-corrected chi connectivity index (χ4v) is 5.57. The highest BCUT2D eigenvalue weighted by Crippen LogP contribution is 2.39. The number of thiophene rings is 1. The van der Waals surface area contributed by atoms with Gasteiger partial charge in [-0.2, -0.15) is 0 Å². The Morgan fingerprint density at radius 2 is 1.83 bits per heavy atom. The van der Waals surface area contributed by atoms with E-state index in [2.05, 4.69) is 5.32 Å². The number of carbonyl (C=O) groups is 1. The van der Waals surface area contributed by atoms with Crippen LogP contribution in [0.2, 0.25) is 5.02 Å². The van der Waals surface area contributed by atoms with Gasteiger partial charge in [-0.1, -0.05) is 23.7 Å². The van der Waals surface area contributed by atoms with Gasteiger partial charge in [0.1, 0.15) is 16.5 Å². The van der Waals surface area contributed by atoms with Crippen LogP contribution in [0.1, 0.15) is 15.2 Å². The average molecular weight is 467 g/mol. The molecule has 2 aromatic carbocycles. The van der Waals surface area contributed by atoms with Gasteiger partial charge in [-0.25, -0.2) is 17.2 Å². The molecule has 154 valence electrons. The highest BCUT2D eigenvalue weighted by atomic mass is 35.5. The second-order valence-corrected chi connectivity index (χ2v) is 9.56. The van der Waals surface area contributed by atoms with E-state index in [1.165, 1.54) is 0 Å². The van der Waals surface area contributed by atoms with Crippen LogP contribution in [0.5, 0.6) is 0 Å². The third-order valence-electron chi connectivity index (χ3n) is 4.44. The number of ketones is 1. The first-order valence-electron chi connectivity index (χ1n) is 8.58. The predicted octanol–water partition coefficient (Wildman–Crippen LogP) is 5.17. The monoisotopic (exact) mass is 466 g/mol. The van der Waals surface area contributed by atoms with E-state index in [1.54, 1.807) is 35.7 Å². The predicted molar refractivity (Wildman–Crippen MR) is 113 cm³/mol. The Kier molecular flexibility index (Phi) is 5.35. The van der Waals surface area contributed by atoms with Crippen molar-refractivity contribution in [1.82, 2.24) is 0 Å². The molecule has 5 nitrogen and oxygen atoms in total. The molecule has 3 aromatic rings. The van der Waals surface area contributed by atoms with Crippen molar-refractivity contribution >= 4 is 50.1 Å². The Hall–Kier alpha value is -2.75. The van der Waals surface area contributed by atoms with Crippen LogP contribution >= 0.6 is 22.9 Å². The summed E-state index contributed by atoms with van der Waals surface area (Å²) in [5.74, 6) is -2.21. The molecule has 0 amide bonds. The number of sulfonamides is 1. The van der Waals surface area contributed by atoms with E-state index in [-0.39, 0.29) is 22.8 Å². The Labute approximate surface area is 180 Å². The summed E-state index contributed by atoms with van der Waals surface area (Å²) in [6.07, 6.45) is 0.896. The lowest BCUT2D eigenvalue weighted by Gasteiger charge is -2.29. The third-order valence-corrected chi connectivity index (χ3v) is 7.36. The average Bonchev–Trinajstić information content (AvgIpc) is 3.18. The number of nitrogens with one attached hydrogen (secondary N) is 1. The maximum Gasteiger partial charge on any atom is 0.270 e. The molecule has 0 unspecified atom stereocenters. The molecule has 4 rings (SSSR count). The molecule has 0 aliphatic carbocycles. The molecule has 1 aliphatic rings. The minimum atomic E-state index is -4.26. The zero-order chi connectivity index (χ0) is 21.5. The summed E-state index contributed by atoms with van der Waals surface area (Å²) >= 11 is 6.99. The largest absolute Gasteiger partial charge is 0.358 e. The standard InChI is InChI=1S/C20H13ClF2N2O3S2/c21-13-3-1-12(2-4-13)11-25-17-7-8-29-20(17)19(26)18(30(25,27)28)10-24-16-9-14(22)5-6-15(16)23/h1-10,24H,11H2. The lowest BCUT2D eigenvalue weighted by atomic mass is 10.2. The number of carbonyl (C=O) groups excluding carboxylic acids is 1. The molecular weight excluding hydrogens is 454 g/mol. The van der Waals surface area contributed by atoms with Crippen molar-refractivity contribution in [3.8, 4) is 0 Å². The summed E-state index contributed by atoms with van der Waals surface area (Å²) in [4.78, 5) is 12.5. The molecular formula is C20H13ClF2N2O3S2. The molecule has 0 spiro atoms. The van der Waals surface area contributed by atoms with E-state index >= 15 is 0 Å². The van der Waals surface area contributed by atoms with Crippen LogP contribution in [-0.2, 0) is 16.6 Å². The highest BCUT2D eigenvalue weighted by molar-refractivity contribution is 7.97. The number of fused-ring (bicyclic) bond motifs is 1. The van der Waals surface area contributed by atoms with Crippen molar-refractivity contribution < 1.29 is 22.0 Å². The minimum absolute atomic E-state index is 0.0256. The second kappa shape index (κ2) is 7.82. The van der Waals surface area contributed by atoms with E-state index in [9.17, 15) is 22.0 Å². The van der Waals surface area contributed by atoms with Gasteiger partial charge in [-0.15, -0.1) is 11.3 Å². The summed E-state index contributed by atoms with van der Waals surface area (Å²) in [6, 6.07) is 10.9. The van der Waals surface area contributed by atoms with Crippen LogP contribution in [-0.4, -0.2) is 14.2 Å². The quantitative estimate of drug-likeness (QED) is 0.539. The number of allylic oxidation sites excluding steroid dienone is 1. The fourth-order valence-electron chi connectivity index (χ4n) is 2.96. The number of rotatable bonds is 4. The molecule has 30 heavy (non-hydrogen) atoms. The van der Waals surface area contributed by atoms with Gasteiger partial charge in [0.2, 0.25) is 5.78 Å². The van der Waals surface area contributed by atoms with E-state index in [0.29, 0.717) is 10.6 Å². The van der Waals surface area contributed by atoms with Crippen LogP contribution in [0, 0.1) is 11.6 Å². The van der Waals surface area contributed by atoms with Crippen molar-refractivity contribution in [3.63, 3.8) is 0 Å². The van der Waals surface area contributed by atoms with Crippen molar-refractivity contribution in [2.75, 3.05) is 9.62 Å². The van der Waals surface area contributed by atoms with Crippen LogP contribution in [0.15, 0.2) is 65.0 Å². The second-order valence-electron chi connectivity index (χ2n) is 6.38. The first-order valence-corrected chi connectivity index (χ1v) is 11.3. The number of nitrogens with zero attached hydrogens (tertiary/aromatic N) is 1. The van der Waals surface area contributed by atoms with Crippen LogP contribution in [0.25, 0.3) is 0 Å². The Bertz CT molecular complexity index is 1270. The molecule has 0 saturated carbocycles. The molecule has 1 aliphatic heterocycles. The molecule has 0 radical (unpaired) electrons. The SMILES string of the molecule is O=C1C(=CNc2cc(F)ccc2F)S(=O)(=O)N(Cc2ccc(Cl)cc2)c2ccsc21. The van der Waals surface area contributed by atoms with Gasteiger partial charge in [0.25, 0.3) is 10.0 Å². The van der Waals surface area contributed by atoms with Gasteiger partial charge in [-0.05, 0) is 41.3 Å². The summed E-state index contributed by atoms with van der Waals surface area (Å²) in [5.41, 5.74) is 0.652. The molecule has 0 bridgehead atoms.